The van der Waals surface area contributed by atoms with Gasteiger partial charge in [-0.3, -0.25) is 0 Å². The first-order chi connectivity index (χ1) is 9.83. The molecule has 0 amide bonds. The summed E-state index contributed by atoms with van der Waals surface area (Å²) >= 11 is 1.29. The molecule has 0 radical (unpaired) electrons. The van der Waals surface area contributed by atoms with Gasteiger partial charge in [-0.15, -0.1) is 11.3 Å². The number of benzene rings is 1. The van der Waals surface area contributed by atoms with Crippen LogP contribution in [-0.4, -0.2) is 18.5 Å². The highest BCUT2D eigenvalue weighted by atomic mass is 32.2. The number of aromatic nitrogens is 1. The van der Waals surface area contributed by atoms with Crippen molar-refractivity contribution >= 4 is 21.4 Å². The first-order valence-electron chi connectivity index (χ1n) is 5.83. The van der Waals surface area contributed by atoms with E-state index in [1.165, 1.54) is 17.5 Å². The van der Waals surface area contributed by atoms with Crippen molar-refractivity contribution in [2.24, 2.45) is 0 Å². The van der Waals surface area contributed by atoms with E-state index in [2.05, 4.69) is 9.71 Å². The Labute approximate surface area is 124 Å². The summed E-state index contributed by atoms with van der Waals surface area (Å²) in [7, 11) is -4.23. The second-order valence-electron chi connectivity index (χ2n) is 4.22. The third-order valence-corrected chi connectivity index (χ3v) is 4.95. The molecule has 0 aliphatic heterocycles. The van der Waals surface area contributed by atoms with Crippen molar-refractivity contribution in [1.29, 1.82) is 0 Å². The van der Waals surface area contributed by atoms with Gasteiger partial charge in [-0.05, 0) is 24.6 Å². The number of thiazole rings is 1. The van der Waals surface area contributed by atoms with E-state index in [1.807, 2.05) is 0 Å². The van der Waals surface area contributed by atoms with Crippen LogP contribution < -0.4 is 4.72 Å². The summed E-state index contributed by atoms with van der Waals surface area (Å²) in [6, 6.07) is 1.65. The second kappa shape index (κ2) is 6.14. The van der Waals surface area contributed by atoms with E-state index in [0.717, 1.165) is 17.1 Å². The van der Waals surface area contributed by atoms with Crippen molar-refractivity contribution in [1.82, 2.24) is 9.71 Å². The van der Waals surface area contributed by atoms with Crippen LogP contribution in [0.3, 0.4) is 0 Å². The van der Waals surface area contributed by atoms with Gasteiger partial charge in [-0.2, -0.15) is 0 Å². The SMILES string of the molecule is Cc1ncc(CNS(=O)(=O)c2cc(CO)cc(F)c2F)s1. The summed E-state index contributed by atoms with van der Waals surface area (Å²) in [5.41, 5.74) is -0.0251. The molecule has 0 atom stereocenters. The van der Waals surface area contributed by atoms with Crippen molar-refractivity contribution in [3.8, 4) is 0 Å². The van der Waals surface area contributed by atoms with E-state index < -0.39 is 33.2 Å². The van der Waals surface area contributed by atoms with E-state index in [9.17, 15) is 17.2 Å². The molecule has 0 bridgehead atoms. The summed E-state index contributed by atoms with van der Waals surface area (Å²) in [6.45, 7) is 1.11. The molecule has 21 heavy (non-hydrogen) atoms. The molecule has 0 saturated carbocycles. The molecular weight excluding hydrogens is 322 g/mol. The predicted molar refractivity (Wildman–Crippen MR) is 73.2 cm³/mol. The zero-order valence-corrected chi connectivity index (χ0v) is 12.6. The number of nitrogens with zero attached hydrogens (tertiary/aromatic N) is 1. The number of nitrogens with one attached hydrogen (secondary N) is 1. The maximum Gasteiger partial charge on any atom is 0.243 e. The van der Waals surface area contributed by atoms with Crippen LogP contribution in [0.15, 0.2) is 23.2 Å². The van der Waals surface area contributed by atoms with Crippen molar-refractivity contribution in [3.63, 3.8) is 0 Å². The van der Waals surface area contributed by atoms with Gasteiger partial charge < -0.3 is 5.11 Å². The summed E-state index contributed by atoms with van der Waals surface area (Å²) < 4.78 is 53.3. The number of hydrogen-bond acceptors (Lipinski definition) is 5. The molecule has 2 rings (SSSR count). The molecule has 1 aromatic carbocycles. The standard InChI is InChI=1S/C12H12F2N2O3S2/c1-7-15-4-9(20-7)5-16-21(18,19)11-3-8(6-17)2-10(13)12(11)14/h2-4,16-17H,5-6H2,1H3. The predicted octanol–water partition coefficient (Wildman–Crippen LogP) is 1.70. The highest BCUT2D eigenvalue weighted by Gasteiger charge is 2.23. The van der Waals surface area contributed by atoms with Gasteiger partial charge in [0.05, 0.1) is 11.6 Å². The van der Waals surface area contributed by atoms with Gasteiger partial charge >= 0.3 is 0 Å². The molecular formula is C12H12F2N2O3S2. The second-order valence-corrected chi connectivity index (χ2v) is 7.27. The molecule has 0 unspecified atom stereocenters. The van der Waals surface area contributed by atoms with Gasteiger partial charge in [0.2, 0.25) is 10.0 Å². The number of rotatable bonds is 5. The molecule has 5 nitrogen and oxygen atoms in total. The normalized spacial score (nSPS) is 11.8. The van der Waals surface area contributed by atoms with E-state index >= 15 is 0 Å². The number of hydrogen-bond donors (Lipinski definition) is 2. The Balaban J connectivity index is 2.29. The van der Waals surface area contributed by atoms with Gasteiger partial charge in [0, 0.05) is 17.6 Å². The van der Waals surface area contributed by atoms with Crippen molar-refractivity contribution in [2.45, 2.75) is 25.0 Å². The zero-order valence-electron chi connectivity index (χ0n) is 10.9. The number of sulfonamides is 1. The lowest BCUT2D eigenvalue weighted by atomic mass is 10.2. The Morgan fingerprint density at radius 3 is 2.67 bits per heavy atom. The molecule has 0 spiro atoms. The Bertz CT molecular complexity index is 760. The maximum absolute atomic E-state index is 13.7. The van der Waals surface area contributed by atoms with Gasteiger partial charge in [0.25, 0.3) is 0 Å². The number of aliphatic hydroxyl groups excluding tert-OH is 1. The highest BCUT2D eigenvalue weighted by molar-refractivity contribution is 7.89. The van der Waals surface area contributed by atoms with Gasteiger partial charge in [0.1, 0.15) is 4.90 Å². The Morgan fingerprint density at radius 1 is 1.38 bits per heavy atom. The minimum atomic E-state index is -4.23. The van der Waals surface area contributed by atoms with Crippen molar-refractivity contribution < 1.29 is 22.3 Å². The minimum absolute atomic E-state index is 0.0251. The topological polar surface area (TPSA) is 79.3 Å². The summed E-state index contributed by atoms with van der Waals surface area (Å²) in [5, 5.41) is 9.71. The molecule has 0 saturated heterocycles. The molecule has 2 N–H and O–H groups in total. The molecule has 114 valence electrons. The average molecular weight is 334 g/mol. The molecule has 0 fully saturated rings. The number of halogens is 2. The fourth-order valence-corrected chi connectivity index (χ4v) is 3.60. The Kier molecular flexibility index (Phi) is 4.67. The van der Waals surface area contributed by atoms with E-state index in [-0.39, 0.29) is 12.1 Å². The quantitative estimate of drug-likeness (QED) is 0.872. The minimum Gasteiger partial charge on any atom is -0.392 e. The fraction of sp³-hybridized carbons (Fsp3) is 0.250. The van der Waals surface area contributed by atoms with Crippen LogP contribution in [0.5, 0.6) is 0 Å². The van der Waals surface area contributed by atoms with Gasteiger partial charge in [-0.25, -0.2) is 26.9 Å². The molecule has 1 aromatic heterocycles. The van der Waals surface area contributed by atoms with Crippen LogP contribution in [0.25, 0.3) is 0 Å². The maximum atomic E-state index is 13.7. The van der Waals surface area contributed by atoms with Gasteiger partial charge in [-0.1, -0.05) is 0 Å². The fourth-order valence-electron chi connectivity index (χ4n) is 1.64. The molecule has 2 aromatic rings. The van der Waals surface area contributed by atoms with Crippen molar-refractivity contribution in [2.75, 3.05) is 0 Å². The van der Waals surface area contributed by atoms with Crippen LogP contribution in [0, 0.1) is 18.6 Å². The third-order valence-electron chi connectivity index (χ3n) is 2.63. The Hall–Kier alpha value is -1.42. The molecule has 0 aliphatic rings. The summed E-state index contributed by atoms with van der Waals surface area (Å²) in [4.78, 5) is 3.79. The highest BCUT2D eigenvalue weighted by Crippen LogP contribution is 2.20. The van der Waals surface area contributed by atoms with Crippen LogP contribution in [0.1, 0.15) is 15.4 Å². The van der Waals surface area contributed by atoms with Crippen LogP contribution >= 0.6 is 11.3 Å². The summed E-state index contributed by atoms with van der Waals surface area (Å²) in [5.74, 6) is -2.80. The lowest BCUT2D eigenvalue weighted by molar-refractivity contribution is 0.280. The first kappa shape index (κ1) is 16.0. The van der Waals surface area contributed by atoms with Gasteiger partial charge in [0.15, 0.2) is 11.6 Å². The van der Waals surface area contributed by atoms with E-state index in [0.29, 0.717) is 4.88 Å². The molecule has 9 heteroatoms. The lowest BCUT2D eigenvalue weighted by Crippen LogP contribution is -2.24. The third kappa shape index (κ3) is 3.62. The average Bonchev–Trinajstić information content (AvgIpc) is 2.85. The van der Waals surface area contributed by atoms with Crippen LogP contribution in [0.4, 0.5) is 8.78 Å². The van der Waals surface area contributed by atoms with Crippen LogP contribution in [0.2, 0.25) is 0 Å². The Morgan fingerprint density at radius 2 is 2.10 bits per heavy atom. The number of aryl methyl sites for hydroxylation is 1. The molecule has 1 heterocycles. The monoisotopic (exact) mass is 334 g/mol. The largest absolute Gasteiger partial charge is 0.392 e. The molecule has 0 aliphatic carbocycles. The number of aliphatic hydroxyl groups is 1. The zero-order chi connectivity index (χ0) is 15.6. The van der Waals surface area contributed by atoms with Crippen molar-refractivity contribution in [3.05, 3.63) is 45.4 Å². The first-order valence-corrected chi connectivity index (χ1v) is 8.13. The summed E-state index contributed by atoms with van der Waals surface area (Å²) in [6.07, 6.45) is 1.50. The lowest BCUT2D eigenvalue weighted by Gasteiger charge is -2.09. The van der Waals surface area contributed by atoms with Crippen LogP contribution in [-0.2, 0) is 23.2 Å². The smallest absolute Gasteiger partial charge is 0.243 e. The van der Waals surface area contributed by atoms with E-state index in [1.54, 1.807) is 6.92 Å². The van der Waals surface area contributed by atoms with E-state index in [4.69, 9.17) is 5.11 Å².